The number of nitrogens with zero attached hydrogens (tertiary/aromatic N) is 3. The molecule has 0 bridgehead atoms. The number of hydrogen-bond donors (Lipinski definition) is 0. The fraction of sp³-hybridized carbons (Fsp3) is 0.278. The number of benzene rings is 1. The van der Waals surface area contributed by atoms with E-state index in [0.29, 0.717) is 13.2 Å². The summed E-state index contributed by atoms with van der Waals surface area (Å²) in [5, 5.41) is 9.65. The van der Waals surface area contributed by atoms with Gasteiger partial charge < -0.3 is 9.64 Å². The lowest BCUT2D eigenvalue weighted by Gasteiger charge is -2.22. The van der Waals surface area contributed by atoms with Crippen LogP contribution in [0.5, 0.6) is 5.75 Å². The molecule has 1 amide bonds. The van der Waals surface area contributed by atoms with Crippen molar-refractivity contribution in [2.75, 3.05) is 23.8 Å². The molecule has 124 valence electrons. The summed E-state index contributed by atoms with van der Waals surface area (Å²) < 4.78 is 5.42. The molecule has 0 spiro atoms. The van der Waals surface area contributed by atoms with Gasteiger partial charge in [0.2, 0.25) is 5.91 Å². The highest BCUT2D eigenvalue weighted by Crippen LogP contribution is 2.22. The highest BCUT2D eigenvalue weighted by atomic mass is 32.2. The third-order valence-corrected chi connectivity index (χ3v) is 4.12. The molecule has 2 rings (SSSR count). The molecule has 1 aromatic heterocycles. The number of carbonyl (C=O) groups excluding carboxylic acids is 1. The summed E-state index contributed by atoms with van der Waals surface area (Å²) in [6.07, 6.45) is 1.99. The van der Waals surface area contributed by atoms with Crippen LogP contribution >= 0.6 is 11.8 Å². The van der Waals surface area contributed by atoms with Crippen molar-refractivity contribution in [3.05, 3.63) is 48.7 Å². The van der Waals surface area contributed by atoms with Crippen molar-refractivity contribution in [3.8, 4) is 11.8 Å². The number of aromatic nitrogens is 1. The number of carbonyl (C=O) groups is 1. The Morgan fingerprint density at radius 3 is 2.71 bits per heavy atom. The molecule has 2 aromatic rings. The molecule has 0 saturated carbocycles. The van der Waals surface area contributed by atoms with Crippen molar-refractivity contribution < 1.29 is 9.53 Å². The topological polar surface area (TPSA) is 66.2 Å². The van der Waals surface area contributed by atoms with E-state index in [1.165, 1.54) is 11.8 Å². The van der Waals surface area contributed by atoms with Gasteiger partial charge in [-0.15, -0.1) is 0 Å². The van der Waals surface area contributed by atoms with Crippen molar-refractivity contribution in [3.63, 3.8) is 0 Å². The molecule has 0 N–H and O–H groups in total. The van der Waals surface area contributed by atoms with Gasteiger partial charge in [0.15, 0.2) is 0 Å². The fourth-order valence-corrected chi connectivity index (χ4v) is 2.83. The van der Waals surface area contributed by atoms with Crippen molar-refractivity contribution in [1.29, 1.82) is 5.26 Å². The highest BCUT2D eigenvalue weighted by Gasteiger charge is 2.16. The summed E-state index contributed by atoms with van der Waals surface area (Å²) in [5.41, 5.74) is 0.764. The van der Waals surface area contributed by atoms with Gasteiger partial charge in [-0.2, -0.15) is 5.26 Å². The van der Waals surface area contributed by atoms with Crippen LogP contribution in [0.25, 0.3) is 0 Å². The van der Waals surface area contributed by atoms with Gasteiger partial charge in [-0.25, -0.2) is 4.98 Å². The lowest BCUT2D eigenvalue weighted by molar-refractivity contribution is -0.116. The second kappa shape index (κ2) is 9.58. The molecule has 0 atom stereocenters. The maximum absolute atomic E-state index is 12.6. The van der Waals surface area contributed by atoms with Crippen LogP contribution in [0, 0.1) is 11.3 Å². The van der Waals surface area contributed by atoms with Crippen LogP contribution in [0.3, 0.4) is 0 Å². The molecule has 0 unspecified atom stereocenters. The molecule has 0 aliphatic rings. The van der Waals surface area contributed by atoms with Gasteiger partial charge in [0, 0.05) is 18.4 Å². The van der Waals surface area contributed by atoms with E-state index < -0.39 is 0 Å². The summed E-state index contributed by atoms with van der Waals surface area (Å²) in [6, 6.07) is 15.0. The molecule has 1 heterocycles. The molecule has 24 heavy (non-hydrogen) atoms. The number of pyridine rings is 1. The van der Waals surface area contributed by atoms with Crippen LogP contribution in [0.1, 0.15) is 13.3 Å². The van der Waals surface area contributed by atoms with Gasteiger partial charge in [-0.1, -0.05) is 17.8 Å². The Morgan fingerprint density at radius 1 is 1.29 bits per heavy atom. The zero-order valence-corrected chi connectivity index (χ0v) is 14.3. The Hall–Kier alpha value is -2.52. The van der Waals surface area contributed by atoms with E-state index in [9.17, 15) is 4.79 Å². The van der Waals surface area contributed by atoms with Gasteiger partial charge >= 0.3 is 0 Å². The van der Waals surface area contributed by atoms with Gasteiger partial charge in [0.25, 0.3) is 0 Å². The fourth-order valence-electron chi connectivity index (χ4n) is 2.09. The zero-order chi connectivity index (χ0) is 17.2. The van der Waals surface area contributed by atoms with E-state index in [-0.39, 0.29) is 18.1 Å². The van der Waals surface area contributed by atoms with Gasteiger partial charge in [0.05, 0.1) is 29.9 Å². The predicted octanol–water partition coefficient (Wildman–Crippen LogP) is 3.52. The van der Waals surface area contributed by atoms with Crippen molar-refractivity contribution >= 4 is 23.4 Å². The lowest BCUT2D eigenvalue weighted by atomic mass is 10.2. The molecule has 6 heteroatoms. The Labute approximate surface area is 146 Å². The van der Waals surface area contributed by atoms with Crippen LogP contribution in [0.15, 0.2) is 53.7 Å². The smallest absolute Gasteiger partial charge is 0.237 e. The second-order valence-electron chi connectivity index (χ2n) is 4.84. The van der Waals surface area contributed by atoms with Gasteiger partial charge in [-0.05, 0) is 43.3 Å². The van der Waals surface area contributed by atoms with Gasteiger partial charge in [-0.3, -0.25) is 4.79 Å². The molecule has 0 aliphatic carbocycles. The highest BCUT2D eigenvalue weighted by molar-refractivity contribution is 7.99. The average Bonchev–Trinajstić information content (AvgIpc) is 2.62. The monoisotopic (exact) mass is 341 g/mol. The predicted molar refractivity (Wildman–Crippen MR) is 95.2 cm³/mol. The number of anilines is 1. The first kappa shape index (κ1) is 17.8. The number of nitriles is 1. The molecule has 0 fully saturated rings. The third-order valence-electron chi connectivity index (χ3n) is 3.19. The van der Waals surface area contributed by atoms with Crippen LogP contribution in [0.2, 0.25) is 0 Å². The Bertz CT molecular complexity index is 684. The summed E-state index contributed by atoms with van der Waals surface area (Å²) in [6.45, 7) is 2.88. The first-order chi connectivity index (χ1) is 11.7. The molecular weight excluding hydrogens is 322 g/mol. The van der Waals surface area contributed by atoms with Crippen LogP contribution in [-0.2, 0) is 4.79 Å². The summed E-state index contributed by atoms with van der Waals surface area (Å²) in [7, 11) is 0. The number of amides is 1. The van der Waals surface area contributed by atoms with Gasteiger partial charge in [0.1, 0.15) is 5.75 Å². The average molecular weight is 341 g/mol. The largest absolute Gasteiger partial charge is 0.494 e. The Kier molecular flexibility index (Phi) is 7.12. The van der Waals surface area contributed by atoms with Crippen molar-refractivity contribution in [2.45, 2.75) is 18.4 Å². The molecular formula is C18H19N3O2S. The van der Waals surface area contributed by atoms with Crippen LogP contribution in [-0.4, -0.2) is 29.8 Å². The molecule has 1 aromatic carbocycles. The number of rotatable bonds is 8. The minimum absolute atomic E-state index is 0.0509. The summed E-state index contributed by atoms with van der Waals surface area (Å²) >= 11 is 1.39. The van der Waals surface area contributed by atoms with Crippen LogP contribution < -0.4 is 9.64 Å². The number of hydrogen-bond acceptors (Lipinski definition) is 5. The Balaban J connectivity index is 2.06. The second-order valence-corrected chi connectivity index (χ2v) is 5.83. The van der Waals surface area contributed by atoms with E-state index in [0.717, 1.165) is 16.5 Å². The minimum Gasteiger partial charge on any atom is -0.494 e. The zero-order valence-electron chi connectivity index (χ0n) is 13.5. The Morgan fingerprint density at radius 2 is 2.08 bits per heavy atom. The van der Waals surface area contributed by atoms with E-state index in [4.69, 9.17) is 10.00 Å². The third kappa shape index (κ3) is 5.28. The van der Waals surface area contributed by atoms with E-state index in [1.807, 2.05) is 49.4 Å². The molecule has 5 nitrogen and oxygen atoms in total. The van der Waals surface area contributed by atoms with E-state index >= 15 is 0 Å². The van der Waals surface area contributed by atoms with Crippen molar-refractivity contribution in [1.82, 2.24) is 4.98 Å². The summed E-state index contributed by atoms with van der Waals surface area (Å²) in [5.74, 6) is 0.984. The minimum atomic E-state index is -0.0509. The SMILES string of the molecule is CCOc1ccc(N(CCC#N)C(=O)CSc2ccccn2)cc1. The maximum Gasteiger partial charge on any atom is 0.237 e. The molecule has 0 radical (unpaired) electrons. The number of thioether (sulfide) groups is 1. The first-order valence-corrected chi connectivity index (χ1v) is 8.67. The standard InChI is InChI=1S/C18H19N3O2S/c1-2-23-16-9-7-15(8-10-16)21(13-5-11-19)18(22)14-24-17-6-3-4-12-20-17/h3-4,6-10,12H,2,5,13-14H2,1H3. The van der Waals surface area contributed by atoms with E-state index in [2.05, 4.69) is 11.1 Å². The maximum atomic E-state index is 12.6. The van der Waals surface area contributed by atoms with Crippen molar-refractivity contribution in [2.24, 2.45) is 0 Å². The van der Waals surface area contributed by atoms with E-state index in [1.54, 1.807) is 11.1 Å². The normalized spacial score (nSPS) is 10.0. The van der Waals surface area contributed by atoms with Crippen LogP contribution in [0.4, 0.5) is 5.69 Å². The molecule has 0 saturated heterocycles. The summed E-state index contributed by atoms with van der Waals surface area (Å²) in [4.78, 5) is 18.4. The first-order valence-electron chi connectivity index (χ1n) is 7.68. The number of ether oxygens (including phenoxy) is 1. The lowest BCUT2D eigenvalue weighted by Crippen LogP contribution is -2.33. The quantitative estimate of drug-likeness (QED) is 0.687. The molecule has 0 aliphatic heterocycles.